The minimum absolute atomic E-state index is 0.566. The van der Waals surface area contributed by atoms with Crippen LogP contribution < -0.4 is 5.32 Å². The van der Waals surface area contributed by atoms with Gasteiger partial charge in [0.15, 0.2) is 0 Å². The molecule has 1 heteroatoms. The van der Waals surface area contributed by atoms with Crippen LogP contribution in [0.25, 0.3) is 0 Å². The first-order valence-electron chi connectivity index (χ1n) is 8.59. The highest BCUT2D eigenvalue weighted by Crippen LogP contribution is 2.60. The van der Waals surface area contributed by atoms with Gasteiger partial charge in [0.05, 0.1) is 0 Å². The third-order valence-electron chi connectivity index (χ3n) is 5.95. The van der Waals surface area contributed by atoms with E-state index in [1.54, 1.807) is 16.7 Å². The molecule has 1 aromatic carbocycles. The van der Waals surface area contributed by atoms with E-state index in [0.717, 1.165) is 18.4 Å². The number of benzene rings is 1. The van der Waals surface area contributed by atoms with Gasteiger partial charge in [-0.1, -0.05) is 25.1 Å². The zero-order valence-electron chi connectivity index (χ0n) is 12.8. The summed E-state index contributed by atoms with van der Waals surface area (Å²) in [6.07, 6.45) is 9.77. The summed E-state index contributed by atoms with van der Waals surface area (Å²) in [4.78, 5) is 0. The Hall–Kier alpha value is -0.820. The summed E-state index contributed by atoms with van der Waals surface area (Å²) in [5.41, 5.74) is 5.43. The number of hydrogen-bond donors (Lipinski definition) is 1. The molecule has 0 aromatic heterocycles. The molecule has 4 rings (SSSR count). The Kier molecular flexibility index (Phi) is 3.14. The quantitative estimate of drug-likeness (QED) is 0.858. The van der Waals surface area contributed by atoms with Crippen LogP contribution in [0.5, 0.6) is 0 Å². The molecule has 2 fully saturated rings. The molecule has 0 saturated heterocycles. The Morgan fingerprint density at radius 2 is 1.95 bits per heavy atom. The van der Waals surface area contributed by atoms with Crippen molar-refractivity contribution >= 4 is 0 Å². The van der Waals surface area contributed by atoms with Crippen molar-refractivity contribution in [2.24, 2.45) is 17.3 Å². The maximum Gasteiger partial charge on any atom is 0.00111 e. The van der Waals surface area contributed by atoms with Crippen LogP contribution in [0.4, 0.5) is 0 Å². The van der Waals surface area contributed by atoms with Crippen molar-refractivity contribution < 1.29 is 0 Å². The summed E-state index contributed by atoms with van der Waals surface area (Å²) < 4.78 is 0. The van der Waals surface area contributed by atoms with Crippen LogP contribution in [-0.2, 0) is 19.3 Å². The molecule has 2 unspecified atom stereocenters. The Balaban J connectivity index is 1.52. The predicted octanol–water partition coefficient (Wildman–Crippen LogP) is 3.74. The molecule has 3 aliphatic rings. The first-order valence-corrected chi connectivity index (χ1v) is 8.59. The van der Waals surface area contributed by atoms with Crippen molar-refractivity contribution in [2.75, 3.05) is 13.1 Å². The monoisotopic (exact) mass is 269 g/mol. The molecular weight excluding hydrogens is 242 g/mol. The van der Waals surface area contributed by atoms with E-state index >= 15 is 0 Å². The molecule has 0 bridgehead atoms. The lowest BCUT2D eigenvalue weighted by Crippen LogP contribution is -2.35. The molecule has 2 atom stereocenters. The third kappa shape index (κ3) is 2.30. The second-order valence-corrected chi connectivity index (χ2v) is 7.58. The van der Waals surface area contributed by atoms with Crippen LogP contribution in [0.2, 0.25) is 0 Å². The van der Waals surface area contributed by atoms with Gasteiger partial charge in [0.2, 0.25) is 0 Å². The highest BCUT2D eigenvalue weighted by molar-refractivity contribution is 5.36. The Morgan fingerprint density at radius 3 is 2.75 bits per heavy atom. The molecule has 3 aliphatic carbocycles. The minimum Gasteiger partial charge on any atom is -0.316 e. The largest absolute Gasteiger partial charge is 0.316 e. The first kappa shape index (κ1) is 12.9. The van der Waals surface area contributed by atoms with Crippen molar-refractivity contribution in [3.05, 3.63) is 34.9 Å². The summed E-state index contributed by atoms with van der Waals surface area (Å²) in [5.74, 6) is 2.14. The number of fused-ring (bicyclic) bond motifs is 2. The predicted molar refractivity (Wildman–Crippen MR) is 84.0 cm³/mol. The summed E-state index contributed by atoms with van der Waals surface area (Å²) >= 11 is 0. The van der Waals surface area contributed by atoms with Crippen LogP contribution >= 0.6 is 0 Å². The molecule has 1 nitrogen and oxygen atoms in total. The third-order valence-corrected chi connectivity index (χ3v) is 5.95. The molecule has 0 aliphatic heterocycles. The topological polar surface area (TPSA) is 12.0 Å². The molecule has 2 saturated carbocycles. The van der Waals surface area contributed by atoms with Gasteiger partial charge in [-0.2, -0.15) is 0 Å². The second-order valence-electron chi connectivity index (χ2n) is 7.58. The Labute approximate surface area is 123 Å². The summed E-state index contributed by atoms with van der Waals surface area (Å²) in [6.45, 7) is 4.58. The SMILES string of the molecule is CCNCC1(Cc2ccc3c(c2)CCC3)CC2CC2C1. The normalized spacial score (nSPS) is 34.0. The summed E-state index contributed by atoms with van der Waals surface area (Å²) in [6, 6.07) is 7.36. The lowest BCUT2D eigenvalue weighted by atomic mass is 9.77. The van der Waals surface area contributed by atoms with Gasteiger partial charge in [-0.05, 0) is 85.4 Å². The van der Waals surface area contributed by atoms with E-state index in [-0.39, 0.29) is 0 Å². The lowest BCUT2D eigenvalue weighted by molar-refractivity contribution is 0.250. The van der Waals surface area contributed by atoms with Crippen LogP contribution in [0.3, 0.4) is 0 Å². The van der Waals surface area contributed by atoms with Crippen molar-refractivity contribution in [1.82, 2.24) is 5.32 Å². The molecule has 0 spiro atoms. The van der Waals surface area contributed by atoms with Gasteiger partial charge >= 0.3 is 0 Å². The Bertz CT molecular complexity index is 494. The zero-order valence-corrected chi connectivity index (χ0v) is 12.8. The van der Waals surface area contributed by atoms with E-state index in [4.69, 9.17) is 0 Å². The fourth-order valence-electron chi connectivity index (χ4n) is 4.92. The highest BCUT2D eigenvalue weighted by Gasteiger charge is 2.53. The molecular formula is C19H27N. The lowest BCUT2D eigenvalue weighted by Gasteiger charge is -2.31. The average Bonchev–Trinajstić information content (AvgIpc) is 2.89. The van der Waals surface area contributed by atoms with Gasteiger partial charge in [0, 0.05) is 6.54 Å². The van der Waals surface area contributed by atoms with Gasteiger partial charge in [0.1, 0.15) is 0 Å². The van der Waals surface area contributed by atoms with E-state index in [1.807, 2.05) is 0 Å². The number of rotatable bonds is 5. The number of hydrogen-bond acceptors (Lipinski definition) is 1. The van der Waals surface area contributed by atoms with Gasteiger partial charge in [-0.3, -0.25) is 0 Å². The van der Waals surface area contributed by atoms with Crippen molar-refractivity contribution in [2.45, 2.75) is 51.9 Å². The van der Waals surface area contributed by atoms with Gasteiger partial charge < -0.3 is 5.32 Å². The van der Waals surface area contributed by atoms with Crippen molar-refractivity contribution in [3.8, 4) is 0 Å². The van der Waals surface area contributed by atoms with E-state index in [2.05, 4.69) is 30.4 Å². The second kappa shape index (κ2) is 4.87. The standard InChI is InChI=1S/C19H27N/c1-2-20-13-19(11-17-9-18(17)12-19)10-14-6-7-15-4-3-5-16(15)8-14/h6-8,17-18,20H,2-5,9-13H2,1H3. The van der Waals surface area contributed by atoms with Crippen LogP contribution in [0, 0.1) is 17.3 Å². The maximum atomic E-state index is 3.64. The van der Waals surface area contributed by atoms with Crippen molar-refractivity contribution in [1.29, 1.82) is 0 Å². The van der Waals surface area contributed by atoms with Crippen molar-refractivity contribution in [3.63, 3.8) is 0 Å². The van der Waals surface area contributed by atoms with Gasteiger partial charge in [0.25, 0.3) is 0 Å². The van der Waals surface area contributed by atoms with E-state index in [9.17, 15) is 0 Å². The highest BCUT2D eigenvalue weighted by atomic mass is 14.9. The van der Waals surface area contributed by atoms with Crippen LogP contribution in [-0.4, -0.2) is 13.1 Å². The van der Waals surface area contributed by atoms with E-state index in [1.165, 1.54) is 51.5 Å². The molecule has 0 heterocycles. The molecule has 108 valence electrons. The summed E-state index contributed by atoms with van der Waals surface area (Å²) in [7, 11) is 0. The average molecular weight is 269 g/mol. The minimum atomic E-state index is 0.566. The van der Waals surface area contributed by atoms with Crippen LogP contribution in [0.15, 0.2) is 18.2 Å². The van der Waals surface area contributed by atoms with Gasteiger partial charge in [-0.25, -0.2) is 0 Å². The van der Waals surface area contributed by atoms with Gasteiger partial charge in [-0.15, -0.1) is 0 Å². The van der Waals surface area contributed by atoms with E-state index < -0.39 is 0 Å². The number of aryl methyl sites for hydroxylation is 2. The Morgan fingerprint density at radius 1 is 1.15 bits per heavy atom. The maximum absolute atomic E-state index is 3.64. The first-order chi connectivity index (χ1) is 9.78. The molecule has 1 N–H and O–H groups in total. The zero-order chi connectivity index (χ0) is 13.6. The number of nitrogens with one attached hydrogen (secondary N) is 1. The molecule has 0 amide bonds. The molecule has 0 radical (unpaired) electrons. The molecule has 20 heavy (non-hydrogen) atoms. The molecule has 1 aromatic rings. The fourth-order valence-corrected chi connectivity index (χ4v) is 4.92. The fraction of sp³-hybridized carbons (Fsp3) is 0.684. The van der Waals surface area contributed by atoms with Crippen LogP contribution in [0.1, 0.15) is 49.3 Å². The summed E-state index contributed by atoms with van der Waals surface area (Å²) in [5, 5.41) is 3.64. The smallest absolute Gasteiger partial charge is 0.00111 e. The van der Waals surface area contributed by atoms with E-state index in [0.29, 0.717) is 5.41 Å².